The summed E-state index contributed by atoms with van der Waals surface area (Å²) in [5.74, 6) is -0.234. The van der Waals surface area contributed by atoms with Gasteiger partial charge < -0.3 is 10.1 Å². The minimum Gasteiger partial charge on any atom is -0.435 e. The van der Waals surface area contributed by atoms with Crippen molar-refractivity contribution < 1.29 is 22.7 Å². The van der Waals surface area contributed by atoms with Crippen molar-refractivity contribution in [3.8, 4) is 11.6 Å². The Morgan fingerprint density at radius 2 is 2.08 bits per heavy atom. The predicted molar refractivity (Wildman–Crippen MR) is 78.4 cm³/mol. The molecule has 0 aliphatic carbocycles. The molecular weight excluding hydrogens is 329 g/mol. The van der Waals surface area contributed by atoms with Crippen LogP contribution in [0.2, 0.25) is 0 Å². The number of benzene rings is 1. The van der Waals surface area contributed by atoms with E-state index in [1.54, 1.807) is 6.92 Å². The summed E-state index contributed by atoms with van der Waals surface area (Å²) in [4.78, 5) is 22.5. The molecule has 0 saturated heterocycles. The number of hydrogen-bond donors (Lipinski definition) is 1. The van der Waals surface area contributed by atoms with E-state index in [4.69, 9.17) is 4.74 Å². The number of amides is 1. The van der Waals surface area contributed by atoms with Crippen LogP contribution >= 0.6 is 0 Å². The number of carbonyl (C=O) groups is 1. The highest BCUT2D eigenvalue weighted by molar-refractivity contribution is 5.76. The van der Waals surface area contributed by atoms with Gasteiger partial charge in [0.25, 0.3) is 0 Å². The molecular formula is C14H13F3N4O3. The fraction of sp³-hybridized carbons (Fsp3) is 0.286. The molecule has 0 atom stereocenters. The van der Waals surface area contributed by atoms with Crippen LogP contribution in [0, 0.1) is 4.91 Å². The Kier molecular flexibility index (Phi) is 4.86. The number of aromatic nitrogens is 2. The smallest absolute Gasteiger partial charge is 0.416 e. The van der Waals surface area contributed by atoms with Crippen LogP contribution in [0.5, 0.6) is 11.6 Å². The van der Waals surface area contributed by atoms with Crippen LogP contribution in [-0.4, -0.2) is 22.9 Å². The van der Waals surface area contributed by atoms with Crippen LogP contribution in [0.3, 0.4) is 0 Å². The largest absolute Gasteiger partial charge is 0.435 e. The normalized spacial score (nSPS) is 11.2. The zero-order valence-electron chi connectivity index (χ0n) is 12.7. The van der Waals surface area contributed by atoms with Gasteiger partial charge in [0.2, 0.25) is 5.88 Å². The van der Waals surface area contributed by atoms with Crippen molar-refractivity contribution in [2.45, 2.75) is 19.5 Å². The topological polar surface area (TPSA) is 85.6 Å². The van der Waals surface area contributed by atoms with E-state index in [0.717, 1.165) is 16.8 Å². The van der Waals surface area contributed by atoms with E-state index < -0.39 is 23.5 Å². The van der Waals surface area contributed by atoms with E-state index >= 15 is 0 Å². The number of rotatable bonds is 4. The Labute approximate surface area is 134 Å². The van der Waals surface area contributed by atoms with E-state index in [1.807, 2.05) is 0 Å². The third kappa shape index (κ3) is 3.53. The Morgan fingerprint density at radius 3 is 2.62 bits per heavy atom. The molecule has 0 saturated carbocycles. The van der Waals surface area contributed by atoms with Crippen molar-refractivity contribution in [1.82, 2.24) is 15.1 Å². The van der Waals surface area contributed by atoms with Crippen molar-refractivity contribution in [3.05, 3.63) is 40.4 Å². The molecule has 24 heavy (non-hydrogen) atoms. The highest BCUT2D eigenvalue weighted by atomic mass is 19.4. The number of nitroso groups, excluding NO2 is 1. The van der Waals surface area contributed by atoms with Gasteiger partial charge in [0.1, 0.15) is 0 Å². The zero-order valence-corrected chi connectivity index (χ0v) is 12.7. The first kappa shape index (κ1) is 17.4. The molecule has 1 heterocycles. The Hall–Kier alpha value is -2.91. The van der Waals surface area contributed by atoms with Crippen LogP contribution < -0.4 is 10.1 Å². The quantitative estimate of drug-likeness (QED) is 0.855. The molecule has 2 aromatic rings. The van der Waals surface area contributed by atoms with E-state index in [1.165, 1.54) is 13.1 Å². The molecule has 2 rings (SSSR count). The number of nitrogens with one attached hydrogen (secondary N) is 1. The van der Waals surface area contributed by atoms with E-state index in [2.05, 4.69) is 15.6 Å². The summed E-state index contributed by atoms with van der Waals surface area (Å²) in [5, 5.41) is 8.86. The zero-order chi connectivity index (χ0) is 17.9. The molecule has 0 spiro atoms. The molecule has 0 unspecified atom stereocenters. The Morgan fingerprint density at radius 1 is 1.38 bits per heavy atom. The monoisotopic (exact) mass is 342 g/mol. The van der Waals surface area contributed by atoms with Crippen LogP contribution in [0.1, 0.15) is 18.2 Å². The molecule has 10 heteroatoms. The van der Waals surface area contributed by atoms with Gasteiger partial charge in [0.05, 0.1) is 11.3 Å². The molecule has 0 bridgehead atoms. The summed E-state index contributed by atoms with van der Waals surface area (Å²) in [6.07, 6.45) is -4.14. The lowest BCUT2D eigenvalue weighted by Gasteiger charge is -2.09. The first-order valence-electron chi connectivity index (χ1n) is 6.83. The third-order valence-corrected chi connectivity index (χ3v) is 3.13. The minimum absolute atomic E-state index is 0.0416. The lowest BCUT2D eigenvalue weighted by Crippen LogP contribution is -2.26. The molecule has 1 amide bonds. The van der Waals surface area contributed by atoms with Gasteiger partial charge in [-0.1, -0.05) is 6.92 Å². The van der Waals surface area contributed by atoms with Crippen LogP contribution in [0.4, 0.5) is 23.7 Å². The van der Waals surface area contributed by atoms with Crippen molar-refractivity contribution in [2.75, 3.05) is 7.05 Å². The second-order valence-electron chi connectivity index (χ2n) is 4.67. The summed E-state index contributed by atoms with van der Waals surface area (Å²) in [6, 6.07) is 3.27. The predicted octanol–water partition coefficient (Wildman–Crippen LogP) is 3.84. The lowest BCUT2D eigenvalue weighted by atomic mass is 10.2. The lowest BCUT2D eigenvalue weighted by molar-refractivity contribution is -0.137. The second kappa shape index (κ2) is 6.69. The van der Waals surface area contributed by atoms with Gasteiger partial charge in [-0.2, -0.15) is 17.9 Å². The molecule has 1 aromatic carbocycles. The van der Waals surface area contributed by atoms with E-state index in [9.17, 15) is 22.9 Å². The molecule has 1 aromatic heterocycles. The summed E-state index contributed by atoms with van der Waals surface area (Å²) in [6.45, 7) is 1.79. The Balaban J connectivity index is 2.36. The third-order valence-electron chi connectivity index (χ3n) is 3.13. The average Bonchev–Trinajstić information content (AvgIpc) is 2.96. The molecule has 1 N–H and O–H groups in total. The maximum atomic E-state index is 12.6. The summed E-state index contributed by atoms with van der Waals surface area (Å²) in [7, 11) is 1.42. The molecule has 128 valence electrons. The van der Waals surface area contributed by atoms with Crippen molar-refractivity contribution >= 4 is 11.7 Å². The molecule has 7 nitrogen and oxygen atoms in total. The number of halogens is 3. The standard InChI is InChI=1S/C14H13F3N4O3/c1-3-9-7-12(19-21(9)13(22)18-2)24-11-5-4-8(14(15,16)17)6-10(11)20-23/h4-7H,3H2,1-2H3,(H,18,22). The van der Waals surface area contributed by atoms with E-state index in [0.29, 0.717) is 18.2 Å². The first-order valence-corrected chi connectivity index (χ1v) is 6.83. The van der Waals surface area contributed by atoms with Crippen LogP contribution in [0.25, 0.3) is 0 Å². The molecule has 0 fully saturated rings. The fourth-order valence-corrected chi connectivity index (χ4v) is 1.94. The van der Waals surface area contributed by atoms with Gasteiger partial charge in [0, 0.05) is 13.1 Å². The minimum atomic E-state index is -4.60. The van der Waals surface area contributed by atoms with Crippen molar-refractivity contribution in [1.29, 1.82) is 0 Å². The average molecular weight is 342 g/mol. The number of nitrogens with zero attached hydrogens (tertiary/aromatic N) is 3. The fourth-order valence-electron chi connectivity index (χ4n) is 1.94. The number of carbonyl (C=O) groups excluding carboxylic acids is 1. The highest BCUT2D eigenvalue weighted by Gasteiger charge is 2.31. The van der Waals surface area contributed by atoms with Gasteiger partial charge in [-0.25, -0.2) is 4.79 Å². The van der Waals surface area contributed by atoms with Crippen LogP contribution in [0.15, 0.2) is 29.4 Å². The highest BCUT2D eigenvalue weighted by Crippen LogP contribution is 2.37. The molecule has 0 aliphatic heterocycles. The van der Waals surface area contributed by atoms with Gasteiger partial charge in [-0.05, 0) is 29.8 Å². The van der Waals surface area contributed by atoms with E-state index in [-0.39, 0.29) is 11.6 Å². The summed E-state index contributed by atoms with van der Waals surface area (Å²) in [5.41, 5.74) is -1.01. The number of aryl methyl sites for hydroxylation is 1. The SMILES string of the molecule is CCc1cc(Oc2ccc(C(F)(F)F)cc2N=O)nn1C(=O)NC. The maximum Gasteiger partial charge on any atom is 0.416 e. The van der Waals surface area contributed by atoms with Gasteiger partial charge in [0.15, 0.2) is 11.4 Å². The second-order valence-corrected chi connectivity index (χ2v) is 4.67. The number of alkyl halides is 3. The van der Waals surface area contributed by atoms with Crippen LogP contribution in [-0.2, 0) is 12.6 Å². The van der Waals surface area contributed by atoms with Crippen molar-refractivity contribution in [2.24, 2.45) is 5.18 Å². The van der Waals surface area contributed by atoms with Crippen molar-refractivity contribution in [3.63, 3.8) is 0 Å². The van der Waals surface area contributed by atoms with Gasteiger partial charge >= 0.3 is 12.2 Å². The summed E-state index contributed by atoms with van der Waals surface area (Å²) >= 11 is 0. The molecule has 0 aliphatic rings. The first-order chi connectivity index (χ1) is 11.3. The maximum absolute atomic E-state index is 12.6. The molecule has 0 radical (unpaired) electrons. The van der Waals surface area contributed by atoms with Gasteiger partial charge in [-0.15, -0.1) is 10.0 Å². The number of ether oxygens (including phenoxy) is 1. The van der Waals surface area contributed by atoms with Gasteiger partial charge in [-0.3, -0.25) is 0 Å². The Bertz CT molecular complexity index is 771. The number of hydrogen-bond acceptors (Lipinski definition) is 5. The summed E-state index contributed by atoms with van der Waals surface area (Å²) < 4.78 is 44.3.